The van der Waals surface area contributed by atoms with Crippen LogP contribution < -0.4 is 0 Å². The number of nitrogens with zero attached hydrogens (tertiary/aromatic N) is 1. The Kier molecular flexibility index (Phi) is 4.07. The molecule has 4 nitrogen and oxygen atoms in total. The quantitative estimate of drug-likeness (QED) is 0.461. The van der Waals surface area contributed by atoms with Gasteiger partial charge in [-0.3, -0.25) is 0 Å². The summed E-state index contributed by atoms with van der Waals surface area (Å²) in [5.41, 5.74) is 3.37. The van der Waals surface area contributed by atoms with Crippen LogP contribution in [0.25, 0.3) is 17.2 Å². The van der Waals surface area contributed by atoms with E-state index in [-0.39, 0.29) is 11.6 Å². The van der Waals surface area contributed by atoms with Crippen molar-refractivity contribution in [1.82, 2.24) is 0 Å². The minimum atomic E-state index is -0.491. The molecule has 4 rings (SSSR count). The summed E-state index contributed by atoms with van der Waals surface area (Å²) in [6, 6.07) is 21.4. The van der Waals surface area contributed by atoms with E-state index in [0.29, 0.717) is 10.4 Å². The van der Waals surface area contributed by atoms with Crippen LogP contribution >= 0.6 is 15.9 Å². The third-order valence-corrected chi connectivity index (χ3v) is 4.15. The van der Waals surface area contributed by atoms with Gasteiger partial charge in [0, 0.05) is 0 Å². The normalized spacial score (nSPS) is 15.3. The van der Waals surface area contributed by atoms with Crippen LogP contribution in [0.5, 0.6) is 0 Å². The highest BCUT2D eigenvalue weighted by Crippen LogP contribution is 2.24. The number of carbonyl (C=O) groups excluding carboxylic acids is 1. The number of hydrogen-bond donors (Lipinski definition) is 0. The lowest BCUT2D eigenvalue weighted by Gasteiger charge is -2.01. The Balaban J connectivity index is 1.60. The molecule has 0 atom stereocenters. The first-order valence-electron chi connectivity index (χ1n) is 7.63. The second-order valence-electron chi connectivity index (χ2n) is 5.43. The van der Waals surface area contributed by atoms with E-state index in [9.17, 15) is 4.79 Å². The number of ether oxygens (including phenoxy) is 1. The molecular formula is C20H12BrNO3. The monoisotopic (exact) mass is 393 g/mol. The number of hydrogen-bond acceptors (Lipinski definition) is 4. The molecule has 0 spiro atoms. The SMILES string of the molecule is O=C1OC(c2ccc(Br)o2)=N/C1=C/c1ccc(-c2ccccc2)cc1. The number of esters is 1. The van der Waals surface area contributed by atoms with E-state index < -0.39 is 5.97 Å². The van der Waals surface area contributed by atoms with Crippen LogP contribution in [-0.4, -0.2) is 11.9 Å². The van der Waals surface area contributed by atoms with E-state index in [1.54, 1.807) is 18.2 Å². The molecule has 1 aliphatic heterocycles. The molecule has 0 unspecified atom stereocenters. The summed E-state index contributed by atoms with van der Waals surface area (Å²) in [4.78, 5) is 16.2. The molecule has 2 heterocycles. The molecule has 0 N–H and O–H groups in total. The predicted octanol–water partition coefficient (Wildman–Crippen LogP) is 5.05. The highest BCUT2D eigenvalue weighted by Gasteiger charge is 2.26. The van der Waals surface area contributed by atoms with Gasteiger partial charge in [0.1, 0.15) is 0 Å². The maximum absolute atomic E-state index is 12.0. The highest BCUT2D eigenvalue weighted by molar-refractivity contribution is 9.10. The summed E-state index contributed by atoms with van der Waals surface area (Å²) in [5, 5.41) is 0. The number of rotatable bonds is 3. The summed E-state index contributed by atoms with van der Waals surface area (Å²) in [7, 11) is 0. The van der Waals surface area contributed by atoms with Crippen LogP contribution in [0.3, 0.4) is 0 Å². The molecular weight excluding hydrogens is 382 g/mol. The summed E-state index contributed by atoms with van der Waals surface area (Å²) in [5.74, 6) is 0.0839. The lowest BCUT2D eigenvalue weighted by molar-refractivity contribution is -0.130. The first kappa shape index (κ1) is 15.6. The van der Waals surface area contributed by atoms with Crippen molar-refractivity contribution in [2.45, 2.75) is 0 Å². The maximum atomic E-state index is 12.0. The molecule has 0 amide bonds. The first-order valence-corrected chi connectivity index (χ1v) is 8.42. The van der Waals surface area contributed by atoms with Gasteiger partial charge in [0.15, 0.2) is 16.1 Å². The molecule has 0 radical (unpaired) electrons. The summed E-state index contributed by atoms with van der Waals surface area (Å²) >= 11 is 3.21. The third-order valence-electron chi connectivity index (χ3n) is 3.73. The van der Waals surface area contributed by atoms with Crippen molar-refractivity contribution in [3.8, 4) is 11.1 Å². The molecule has 0 aliphatic carbocycles. The molecule has 0 bridgehead atoms. The summed E-state index contributed by atoms with van der Waals surface area (Å²) in [6.45, 7) is 0. The topological polar surface area (TPSA) is 51.8 Å². The third kappa shape index (κ3) is 3.32. The van der Waals surface area contributed by atoms with Gasteiger partial charge in [-0.25, -0.2) is 9.79 Å². The van der Waals surface area contributed by atoms with E-state index in [1.807, 2.05) is 42.5 Å². The van der Waals surface area contributed by atoms with Gasteiger partial charge in [-0.15, -0.1) is 0 Å². The zero-order chi connectivity index (χ0) is 17.2. The number of aliphatic imine (C=N–C) groups is 1. The Labute approximate surface area is 152 Å². The molecule has 25 heavy (non-hydrogen) atoms. The van der Waals surface area contributed by atoms with Crippen molar-refractivity contribution in [3.05, 3.63) is 88.4 Å². The van der Waals surface area contributed by atoms with Crippen molar-refractivity contribution in [2.24, 2.45) is 4.99 Å². The molecule has 1 aliphatic rings. The van der Waals surface area contributed by atoms with E-state index in [1.165, 1.54) is 0 Å². The Morgan fingerprint density at radius 3 is 2.28 bits per heavy atom. The summed E-state index contributed by atoms with van der Waals surface area (Å²) in [6.07, 6.45) is 1.70. The summed E-state index contributed by atoms with van der Waals surface area (Å²) < 4.78 is 11.1. The van der Waals surface area contributed by atoms with Gasteiger partial charge in [0.05, 0.1) is 0 Å². The van der Waals surface area contributed by atoms with Crippen LogP contribution in [0.4, 0.5) is 0 Å². The lowest BCUT2D eigenvalue weighted by Crippen LogP contribution is -2.04. The number of furan rings is 1. The van der Waals surface area contributed by atoms with Crippen molar-refractivity contribution < 1.29 is 13.9 Å². The second kappa shape index (κ2) is 6.53. The second-order valence-corrected chi connectivity index (χ2v) is 6.21. The average molecular weight is 394 g/mol. The Morgan fingerprint density at radius 2 is 1.60 bits per heavy atom. The number of halogens is 1. The molecule has 5 heteroatoms. The number of benzene rings is 2. The lowest BCUT2D eigenvalue weighted by atomic mass is 10.0. The predicted molar refractivity (Wildman–Crippen MR) is 98.9 cm³/mol. The van der Waals surface area contributed by atoms with Crippen LogP contribution in [0, 0.1) is 0 Å². The number of cyclic esters (lactones) is 1. The highest BCUT2D eigenvalue weighted by atomic mass is 79.9. The largest absolute Gasteiger partial charge is 0.444 e. The van der Waals surface area contributed by atoms with Crippen molar-refractivity contribution in [3.63, 3.8) is 0 Å². The fourth-order valence-electron chi connectivity index (χ4n) is 2.50. The van der Waals surface area contributed by atoms with E-state index in [2.05, 4.69) is 33.1 Å². The van der Waals surface area contributed by atoms with E-state index in [4.69, 9.17) is 9.15 Å². The molecule has 0 fully saturated rings. The Morgan fingerprint density at radius 1 is 0.880 bits per heavy atom. The van der Waals surface area contributed by atoms with Gasteiger partial charge in [-0.05, 0) is 50.8 Å². The van der Waals surface area contributed by atoms with Gasteiger partial charge in [-0.1, -0.05) is 54.6 Å². The zero-order valence-electron chi connectivity index (χ0n) is 13.0. The smallest absolute Gasteiger partial charge is 0.363 e. The molecule has 3 aromatic rings. The molecule has 1 aromatic heterocycles. The van der Waals surface area contributed by atoms with Crippen LogP contribution in [0.2, 0.25) is 0 Å². The fourth-order valence-corrected chi connectivity index (χ4v) is 2.81. The van der Waals surface area contributed by atoms with E-state index >= 15 is 0 Å². The minimum Gasteiger partial charge on any atom is -0.444 e. The van der Waals surface area contributed by atoms with E-state index in [0.717, 1.165) is 16.7 Å². The van der Waals surface area contributed by atoms with Gasteiger partial charge in [0.2, 0.25) is 0 Å². The van der Waals surface area contributed by atoms with Gasteiger partial charge in [0.25, 0.3) is 5.90 Å². The molecule has 0 saturated heterocycles. The van der Waals surface area contributed by atoms with Crippen molar-refractivity contribution in [2.75, 3.05) is 0 Å². The van der Waals surface area contributed by atoms with Gasteiger partial charge < -0.3 is 9.15 Å². The van der Waals surface area contributed by atoms with Crippen LogP contribution in [0.1, 0.15) is 11.3 Å². The van der Waals surface area contributed by atoms with Crippen LogP contribution in [0.15, 0.2) is 86.5 Å². The average Bonchev–Trinajstić information content (AvgIpc) is 3.23. The van der Waals surface area contributed by atoms with Gasteiger partial charge >= 0.3 is 5.97 Å². The molecule has 2 aromatic carbocycles. The standard InChI is InChI=1S/C20H12BrNO3/c21-18-11-10-17(24-18)19-22-16(20(23)25-19)12-13-6-8-15(9-7-13)14-4-2-1-3-5-14/h1-12H/b16-12+. The minimum absolute atomic E-state index is 0.169. The molecule has 0 saturated carbocycles. The first-order chi connectivity index (χ1) is 12.2. The van der Waals surface area contributed by atoms with Crippen LogP contribution in [-0.2, 0) is 9.53 Å². The number of carbonyl (C=O) groups is 1. The Bertz CT molecular complexity index is 985. The molecule has 122 valence electrons. The van der Waals surface area contributed by atoms with Crippen molar-refractivity contribution in [1.29, 1.82) is 0 Å². The Hall–Kier alpha value is -2.92. The maximum Gasteiger partial charge on any atom is 0.363 e. The fraction of sp³-hybridized carbons (Fsp3) is 0. The van der Waals surface area contributed by atoms with Crippen molar-refractivity contribution >= 4 is 33.9 Å². The zero-order valence-corrected chi connectivity index (χ0v) is 14.6. The van der Waals surface area contributed by atoms with Gasteiger partial charge in [-0.2, -0.15) is 0 Å².